The Morgan fingerprint density at radius 1 is 1.17 bits per heavy atom. The number of benzene rings is 2. The summed E-state index contributed by atoms with van der Waals surface area (Å²) in [5, 5.41) is 8.04. The topological polar surface area (TPSA) is 82.5 Å². The Labute approximate surface area is 175 Å². The molecule has 0 fully saturated rings. The molecule has 1 aliphatic heterocycles. The van der Waals surface area contributed by atoms with Crippen LogP contribution in [0.5, 0.6) is 11.5 Å². The summed E-state index contributed by atoms with van der Waals surface area (Å²) >= 11 is 6.13. The Kier molecular flexibility index (Phi) is 5.29. The molecule has 0 bridgehead atoms. The molecule has 1 atom stereocenters. The van der Waals surface area contributed by atoms with Crippen molar-refractivity contribution in [1.29, 1.82) is 0 Å². The van der Waals surface area contributed by atoms with Crippen molar-refractivity contribution in [3.8, 4) is 17.2 Å². The summed E-state index contributed by atoms with van der Waals surface area (Å²) in [4.78, 5) is 13.1. The number of anilines is 1. The molecule has 3 aromatic rings. The van der Waals surface area contributed by atoms with Gasteiger partial charge in [0, 0.05) is 21.4 Å². The lowest BCUT2D eigenvalue weighted by Crippen LogP contribution is -2.17. The lowest BCUT2D eigenvalue weighted by atomic mass is 10.1. The van der Waals surface area contributed by atoms with Gasteiger partial charge in [0.15, 0.2) is 11.5 Å². The van der Waals surface area contributed by atoms with Crippen LogP contribution in [0, 0.1) is 0 Å². The summed E-state index contributed by atoms with van der Waals surface area (Å²) in [6, 6.07) is 12.2. The molecular formula is C20H18ClN3O4S. The number of halogens is 1. The van der Waals surface area contributed by atoms with Crippen molar-refractivity contribution >= 4 is 34.1 Å². The van der Waals surface area contributed by atoms with Crippen LogP contribution in [0.1, 0.15) is 21.6 Å². The van der Waals surface area contributed by atoms with Crippen LogP contribution in [-0.4, -0.2) is 34.1 Å². The number of hydrogen-bond acceptors (Lipinski definition) is 5. The Balaban J connectivity index is 1.78. The third-order valence-electron chi connectivity index (χ3n) is 4.60. The van der Waals surface area contributed by atoms with E-state index in [9.17, 15) is 9.00 Å². The molecule has 7 nitrogen and oxygen atoms in total. The molecule has 2 heterocycles. The minimum absolute atomic E-state index is 0.318. The van der Waals surface area contributed by atoms with Gasteiger partial charge in [-0.3, -0.25) is 9.00 Å². The lowest BCUT2D eigenvalue weighted by Gasteiger charge is -2.14. The molecule has 0 aliphatic carbocycles. The average Bonchev–Trinajstić information content (AvgIpc) is 3.24. The molecule has 0 saturated carbocycles. The highest BCUT2D eigenvalue weighted by Crippen LogP contribution is 2.34. The molecule has 0 spiro atoms. The van der Waals surface area contributed by atoms with Gasteiger partial charge in [-0.1, -0.05) is 23.7 Å². The van der Waals surface area contributed by atoms with Gasteiger partial charge in [0.05, 0.1) is 42.7 Å². The van der Waals surface area contributed by atoms with Gasteiger partial charge < -0.3 is 14.8 Å². The molecule has 9 heteroatoms. The Morgan fingerprint density at radius 3 is 2.69 bits per heavy atom. The molecular weight excluding hydrogens is 414 g/mol. The first kappa shape index (κ1) is 19.5. The predicted molar refractivity (Wildman–Crippen MR) is 112 cm³/mol. The number of methoxy groups -OCH3 is 2. The van der Waals surface area contributed by atoms with E-state index >= 15 is 0 Å². The van der Waals surface area contributed by atoms with Crippen molar-refractivity contribution in [2.45, 2.75) is 11.5 Å². The van der Waals surface area contributed by atoms with Gasteiger partial charge in [-0.05, 0) is 30.3 Å². The number of amides is 1. The van der Waals surface area contributed by atoms with Crippen LogP contribution in [0.2, 0.25) is 5.02 Å². The number of aromatic nitrogens is 2. The molecule has 1 N–H and O–H groups in total. The maximum atomic E-state index is 13.1. The molecule has 0 unspecified atom stereocenters. The van der Waals surface area contributed by atoms with E-state index in [2.05, 4.69) is 10.4 Å². The lowest BCUT2D eigenvalue weighted by molar-refractivity contribution is 0.102. The van der Waals surface area contributed by atoms with E-state index < -0.39 is 10.8 Å². The van der Waals surface area contributed by atoms with Crippen molar-refractivity contribution in [2.75, 3.05) is 19.5 Å². The molecule has 2 aromatic carbocycles. The minimum atomic E-state index is -1.04. The summed E-state index contributed by atoms with van der Waals surface area (Å²) in [7, 11) is 1.95. The van der Waals surface area contributed by atoms with Gasteiger partial charge in [0.1, 0.15) is 5.82 Å². The number of nitrogens with one attached hydrogen (secondary N) is 1. The molecule has 150 valence electrons. The van der Waals surface area contributed by atoms with Crippen molar-refractivity contribution in [1.82, 2.24) is 9.78 Å². The normalized spacial score (nSPS) is 15.1. The van der Waals surface area contributed by atoms with E-state index in [1.54, 1.807) is 41.1 Å². The Bertz CT molecular complexity index is 1130. The van der Waals surface area contributed by atoms with E-state index in [0.29, 0.717) is 50.8 Å². The first-order valence-corrected chi connectivity index (χ1v) is 10.6. The number of nitrogens with zero attached hydrogens (tertiary/aromatic N) is 2. The zero-order chi connectivity index (χ0) is 20.5. The quantitative estimate of drug-likeness (QED) is 0.668. The van der Waals surface area contributed by atoms with E-state index in [0.717, 1.165) is 5.56 Å². The smallest absolute Gasteiger partial charge is 0.260 e. The first-order valence-electron chi connectivity index (χ1n) is 8.76. The van der Waals surface area contributed by atoms with Gasteiger partial charge >= 0.3 is 0 Å². The maximum absolute atomic E-state index is 13.1. The predicted octanol–water partition coefficient (Wildman–Crippen LogP) is 3.56. The van der Waals surface area contributed by atoms with Crippen molar-refractivity contribution in [2.24, 2.45) is 0 Å². The standard InChI is InChI=1S/C20H18ClN3O4S/c1-27-17-8-4-7-14(18(17)28-2)20(25)22-19-15-10-29(26)11-16(15)23-24(19)13-6-3-5-12(21)9-13/h3-9H,10-11H2,1-2H3,(H,22,25)/t29-/m0/s1. The fourth-order valence-electron chi connectivity index (χ4n) is 3.29. The third kappa shape index (κ3) is 3.61. The van der Waals surface area contributed by atoms with Crippen LogP contribution in [-0.2, 0) is 22.3 Å². The second-order valence-electron chi connectivity index (χ2n) is 6.39. The van der Waals surface area contributed by atoms with Crippen LogP contribution < -0.4 is 14.8 Å². The Morgan fingerprint density at radius 2 is 1.97 bits per heavy atom. The fraction of sp³-hybridized carbons (Fsp3) is 0.200. The van der Waals surface area contributed by atoms with Crippen molar-refractivity contribution in [3.63, 3.8) is 0 Å². The fourth-order valence-corrected chi connectivity index (χ4v) is 4.74. The van der Waals surface area contributed by atoms with Gasteiger partial charge in [0.2, 0.25) is 0 Å². The summed E-state index contributed by atoms with van der Waals surface area (Å²) in [6.45, 7) is 0. The second kappa shape index (κ2) is 7.88. The number of rotatable bonds is 5. The van der Waals surface area contributed by atoms with Crippen molar-refractivity contribution in [3.05, 3.63) is 64.3 Å². The molecule has 0 saturated heterocycles. The van der Waals surface area contributed by atoms with Crippen LogP contribution in [0.3, 0.4) is 0 Å². The van der Waals surface area contributed by atoms with Crippen LogP contribution in [0.15, 0.2) is 42.5 Å². The van der Waals surface area contributed by atoms with Gasteiger partial charge in [-0.25, -0.2) is 4.68 Å². The monoisotopic (exact) mass is 431 g/mol. The van der Waals surface area contributed by atoms with E-state index in [-0.39, 0.29) is 5.91 Å². The number of fused-ring (bicyclic) bond motifs is 1. The minimum Gasteiger partial charge on any atom is -0.493 e. The molecule has 1 aromatic heterocycles. The molecule has 1 amide bonds. The van der Waals surface area contributed by atoms with Gasteiger partial charge in [0.25, 0.3) is 5.91 Å². The summed E-state index contributed by atoms with van der Waals surface area (Å²) in [5.74, 6) is 1.57. The molecule has 1 aliphatic rings. The summed E-state index contributed by atoms with van der Waals surface area (Å²) in [6.07, 6.45) is 0. The average molecular weight is 432 g/mol. The van der Waals surface area contributed by atoms with E-state index in [4.69, 9.17) is 21.1 Å². The van der Waals surface area contributed by atoms with Crippen molar-refractivity contribution < 1.29 is 18.5 Å². The number of carbonyl (C=O) groups is 1. The van der Waals surface area contributed by atoms with E-state index in [1.807, 2.05) is 6.07 Å². The number of carbonyl (C=O) groups excluding carboxylic acids is 1. The zero-order valence-electron chi connectivity index (χ0n) is 15.8. The molecule has 0 radical (unpaired) electrons. The number of para-hydroxylation sites is 1. The molecule has 29 heavy (non-hydrogen) atoms. The SMILES string of the molecule is COc1cccc(C(=O)Nc2c3c(nn2-c2cccc(Cl)c2)C[S@@](=O)C3)c1OC. The third-order valence-corrected chi connectivity index (χ3v) is 6.04. The van der Waals surface area contributed by atoms with Crippen LogP contribution >= 0.6 is 11.6 Å². The summed E-state index contributed by atoms with van der Waals surface area (Å²) < 4.78 is 24.3. The largest absolute Gasteiger partial charge is 0.493 e. The van der Waals surface area contributed by atoms with E-state index in [1.165, 1.54) is 14.2 Å². The number of hydrogen-bond donors (Lipinski definition) is 1. The van der Waals surface area contributed by atoms with Crippen LogP contribution in [0.4, 0.5) is 5.82 Å². The summed E-state index contributed by atoms with van der Waals surface area (Å²) in [5.41, 5.74) is 2.49. The number of ether oxygens (including phenoxy) is 2. The first-order chi connectivity index (χ1) is 14.0. The van der Waals surface area contributed by atoms with Gasteiger partial charge in [-0.2, -0.15) is 5.10 Å². The highest BCUT2D eigenvalue weighted by atomic mass is 35.5. The highest BCUT2D eigenvalue weighted by molar-refractivity contribution is 7.83. The second-order valence-corrected chi connectivity index (χ2v) is 8.28. The van der Waals surface area contributed by atoms with Crippen LogP contribution in [0.25, 0.3) is 5.69 Å². The Hall–Kier alpha value is -2.84. The maximum Gasteiger partial charge on any atom is 0.260 e. The zero-order valence-corrected chi connectivity index (χ0v) is 17.3. The van der Waals surface area contributed by atoms with Gasteiger partial charge in [-0.15, -0.1) is 0 Å². The molecule has 4 rings (SSSR count). The highest BCUT2D eigenvalue weighted by Gasteiger charge is 2.29.